The number of thiophene rings is 1. The molecule has 2 rings (SSSR count). The van der Waals surface area contributed by atoms with Gasteiger partial charge in [0.1, 0.15) is 10.7 Å². The third-order valence-corrected chi connectivity index (χ3v) is 6.53. The van der Waals surface area contributed by atoms with E-state index in [1.807, 2.05) is 12.1 Å². The molecule has 0 spiro atoms. The lowest BCUT2D eigenvalue weighted by molar-refractivity contribution is 0.422. The summed E-state index contributed by atoms with van der Waals surface area (Å²) in [5, 5.41) is 0. The Balaban J connectivity index is 2.40. The lowest BCUT2D eigenvalue weighted by atomic mass is 10.3. The molecule has 2 N–H and O–H groups in total. The standard InChI is InChI=1S/C13H14BrFN2O2S2/c1-2-17(8-9-6-7-12(14)20-9)21(18,19)13-10(15)4-3-5-11(13)16/h3-7H,2,8,16H2,1H3. The number of nitrogens with zero attached hydrogens (tertiary/aromatic N) is 1. The highest BCUT2D eigenvalue weighted by Gasteiger charge is 2.29. The van der Waals surface area contributed by atoms with Crippen LogP contribution in [0.15, 0.2) is 39.0 Å². The molecule has 0 saturated carbocycles. The largest absolute Gasteiger partial charge is 0.398 e. The topological polar surface area (TPSA) is 63.4 Å². The molecule has 8 heteroatoms. The first-order valence-electron chi connectivity index (χ1n) is 6.14. The van der Waals surface area contributed by atoms with Crippen molar-refractivity contribution in [2.24, 2.45) is 0 Å². The van der Waals surface area contributed by atoms with Gasteiger partial charge in [0, 0.05) is 18.0 Å². The maximum absolute atomic E-state index is 13.9. The lowest BCUT2D eigenvalue weighted by Gasteiger charge is -2.21. The molecule has 0 amide bonds. The molecule has 0 aliphatic rings. The lowest BCUT2D eigenvalue weighted by Crippen LogP contribution is -2.31. The van der Waals surface area contributed by atoms with Crippen molar-refractivity contribution in [1.29, 1.82) is 0 Å². The Labute approximate surface area is 135 Å². The van der Waals surface area contributed by atoms with E-state index in [0.717, 1.165) is 14.7 Å². The SMILES string of the molecule is CCN(Cc1ccc(Br)s1)S(=O)(=O)c1c(N)cccc1F. The molecule has 21 heavy (non-hydrogen) atoms. The number of hydrogen-bond donors (Lipinski definition) is 1. The zero-order valence-electron chi connectivity index (χ0n) is 11.2. The fourth-order valence-corrected chi connectivity index (χ4v) is 5.07. The molecular formula is C13H14BrFN2O2S2. The van der Waals surface area contributed by atoms with E-state index in [0.29, 0.717) is 0 Å². The minimum atomic E-state index is -3.98. The number of sulfonamides is 1. The van der Waals surface area contributed by atoms with Crippen molar-refractivity contribution in [1.82, 2.24) is 4.31 Å². The van der Waals surface area contributed by atoms with E-state index < -0.39 is 20.7 Å². The number of nitrogen functional groups attached to an aromatic ring is 1. The van der Waals surface area contributed by atoms with Gasteiger partial charge in [0.2, 0.25) is 10.0 Å². The average molecular weight is 393 g/mol. The normalized spacial score (nSPS) is 12.0. The van der Waals surface area contributed by atoms with E-state index in [4.69, 9.17) is 5.73 Å². The predicted molar refractivity (Wildman–Crippen MR) is 86.1 cm³/mol. The van der Waals surface area contributed by atoms with E-state index in [9.17, 15) is 12.8 Å². The fourth-order valence-electron chi connectivity index (χ4n) is 1.90. The molecule has 1 aromatic carbocycles. The summed E-state index contributed by atoms with van der Waals surface area (Å²) in [6.45, 7) is 2.12. The van der Waals surface area contributed by atoms with Gasteiger partial charge < -0.3 is 5.73 Å². The number of nitrogens with two attached hydrogens (primary N) is 1. The Morgan fingerprint density at radius 3 is 2.57 bits per heavy atom. The van der Waals surface area contributed by atoms with Gasteiger partial charge in [-0.15, -0.1) is 11.3 Å². The molecule has 0 aliphatic carbocycles. The van der Waals surface area contributed by atoms with Crippen LogP contribution >= 0.6 is 27.3 Å². The summed E-state index contributed by atoms with van der Waals surface area (Å²) >= 11 is 4.77. The van der Waals surface area contributed by atoms with Crippen molar-refractivity contribution < 1.29 is 12.8 Å². The van der Waals surface area contributed by atoms with Crippen LogP contribution in [0.5, 0.6) is 0 Å². The van der Waals surface area contributed by atoms with Crippen molar-refractivity contribution >= 4 is 43.0 Å². The highest BCUT2D eigenvalue weighted by Crippen LogP contribution is 2.29. The third-order valence-electron chi connectivity index (χ3n) is 2.91. The van der Waals surface area contributed by atoms with Gasteiger partial charge in [-0.2, -0.15) is 4.31 Å². The second-order valence-electron chi connectivity index (χ2n) is 4.30. The van der Waals surface area contributed by atoms with E-state index in [1.165, 1.54) is 27.8 Å². The monoisotopic (exact) mass is 392 g/mol. The summed E-state index contributed by atoms with van der Waals surface area (Å²) in [6, 6.07) is 7.54. The summed E-state index contributed by atoms with van der Waals surface area (Å²) in [5.74, 6) is -0.833. The second-order valence-corrected chi connectivity index (χ2v) is 8.72. The Bertz CT molecular complexity index is 726. The number of rotatable bonds is 5. The summed E-state index contributed by atoms with van der Waals surface area (Å²) in [5.41, 5.74) is 5.56. The molecule has 0 bridgehead atoms. The Hall–Kier alpha value is -0.960. The van der Waals surface area contributed by atoms with Crippen molar-refractivity contribution in [3.05, 3.63) is 44.8 Å². The zero-order valence-corrected chi connectivity index (χ0v) is 14.4. The Morgan fingerprint density at radius 2 is 2.05 bits per heavy atom. The highest BCUT2D eigenvalue weighted by atomic mass is 79.9. The van der Waals surface area contributed by atoms with Crippen LogP contribution in [0.25, 0.3) is 0 Å². The van der Waals surface area contributed by atoms with Crippen molar-refractivity contribution in [2.75, 3.05) is 12.3 Å². The zero-order chi connectivity index (χ0) is 15.6. The van der Waals surface area contributed by atoms with Gasteiger partial charge >= 0.3 is 0 Å². The first kappa shape index (κ1) is 16.4. The van der Waals surface area contributed by atoms with Crippen LogP contribution in [0.4, 0.5) is 10.1 Å². The minimum Gasteiger partial charge on any atom is -0.398 e. The summed E-state index contributed by atoms with van der Waals surface area (Å²) < 4.78 is 41.2. The first-order chi connectivity index (χ1) is 9.86. The summed E-state index contributed by atoms with van der Waals surface area (Å²) in [7, 11) is -3.98. The maximum Gasteiger partial charge on any atom is 0.248 e. The van der Waals surface area contributed by atoms with Gasteiger partial charge in [-0.05, 0) is 40.2 Å². The molecule has 0 unspecified atom stereocenters. The predicted octanol–water partition coefficient (Wildman–Crippen LogP) is 3.44. The van der Waals surface area contributed by atoms with Crippen LogP contribution in [0, 0.1) is 5.82 Å². The highest BCUT2D eigenvalue weighted by molar-refractivity contribution is 9.11. The quantitative estimate of drug-likeness (QED) is 0.792. The first-order valence-corrected chi connectivity index (χ1v) is 9.19. The number of halogens is 2. The van der Waals surface area contributed by atoms with Crippen molar-refractivity contribution in [2.45, 2.75) is 18.4 Å². The van der Waals surface area contributed by atoms with Gasteiger partial charge in [0.25, 0.3) is 0 Å². The third kappa shape index (κ3) is 3.45. The van der Waals surface area contributed by atoms with Crippen molar-refractivity contribution in [3.63, 3.8) is 0 Å². The van der Waals surface area contributed by atoms with Crippen LogP contribution in [-0.2, 0) is 16.6 Å². The van der Waals surface area contributed by atoms with Crippen molar-refractivity contribution in [3.8, 4) is 0 Å². The Kier molecular flexibility index (Phi) is 5.03. The van der Waals surface area contributed by atoms with Crippen LogP contribution in [0.2, 0.25) is 0 Å². The Morgan fingerprint density at radius 1 is 1.33 bits per heavy atom. The molecule has 0 aliphatic heterocycles. The molecule has 0 radical (unpaired) electrons. The molecule has 1 heterocycles. The number of hydrogen-bond acceptors (Lipinski definition) is 4. The minimum absolute atomic E-state index is 0.0826. The van der Waals surface area contributed by atoms with Crippen LogP contribution in [-0.4, -0.2) is 19.3 Å². The number of anilines is 1. The van der Waals surface area contributed by atoms with Gasteiger partial charge in [-0.3, -0.25) is 0 Å². The molecule has 0 fully saturated rings. The van der Waals surface area contributed by atoms with Gasteiger partial charge in [0.05, 0.1) is 9.47 Å². The smallest absolute Gasteiger partial charge is 0.248 e. The summed E-state index contributed by atoms with van der Waals surface area (Å²) in [6.07, 6.45) is 0. The van der Waals surface area contributed by atoms with E-state index >= 15 is 0 Å². The molecular weight excluding hydrogens is 379 g/mol. The molecule has 0 saturated heterocycles. The fraction of sp³-hybridized carbons (Fsp3) is 0.231. The van der Waals surface area contributed by atoms with Crippen LogP contribution in [0.3, 0.4) is 0 Å². The molecule has 4 nitrogen and oxygen atoms in total. The average Bonchev–Trinajstić information content (AvgIpc) is 2.81. The van der Waals surface area contributed by atoms with E-state index in [2.05, 4.69) is 15.9 Å². The summed E-state index contributed by atoms with van der Waals surface area (Å²) in [4.78, 5) is 0.407. The molecule has 114 valence electrons. The van der Waals surface area contributed by atoms with Crippen LogP contribution in [0.1, 0.15) is 11.8 Å². The van der Waals surface area contributed by atoms with Gasteiger partial charge in [-0.1, -0.05) is 13.0 Å². The van der Waals surface area contributed by atoms with E-state index in [1.54, 1.807) is 6.92 Å². The number of benzene rings is 1. The van der Waals surface area contributed by atoms with Crippen LogP contribution < -0.4 is 5.73 Å². The van der Waals surface area contributed by atoms with E-state index in [-0.39, 0.29) is 18.8 Å². The van der Waals surface area contributed by atoms with Gasteiger partial charge in [0.15, 0.2) is 0 Å². The molecule has 2 aromatic rings. The maximum atomic E-state index is 13.9. The molecule has 1 aromatic heterocycles. The second kappa shape index (κ2) is 6.43. The molecule has 0 atom stereocenters. The van der Waals surface area contributed by atoms with Gasteiger partial charge in [-0.25, -0.2) is 12.8 Å².